The zero-order valence-corrected chi connectivity index (χ0v) is 15.5. The zero-order chi connectivity index (χ0) is 19.6. The number of anilines is 1. The van der Waals surface area contributed by atoms with Gasteiger partial charge in [-0.2, -0.15) is 0 Å². The highest BCUT2D eigenvalue weighted by Gasteiger charge is 2.22. The summed E-state index contributed by atoms with van der Waals surface area (Å²) in [6, 6.07) is 13.8. The molecule has 0 aliphatic rings. The summed E-state index contributed by atoms with van der Waals surface area (Å²) >= 11 is 5.95. The summed E-state index contributed by atoms with van der Waals surface area (Å²) in [6.07, 6.45) is 0. The largest absolute Gasteiger partial charge is 0.504 e. The number of carbonyl (C=O) groups excluding carboxylic acids is 1. The number of amides is 1. The summed E-state index contributed by atoms with van der Waals surface area (Å²) in [6.45, 7) is 0. The Bertz CT molecular complexity index is 1040. The monoisotopic (exact) mass is 383 g/mol. The summed E-state index contributed by atoms with van der Waals surface area (Å²) in [5.41, 5.74) is 1.62. The fourth-order valence-electron chi connectivity index (χ4n) is 2.59. The zero-order valence-electron chi connectivity index (χ0n) is 14.7. The van der Waals surface area contributed by atoms with Gasteiger partial charge in [-0.3, -0.25) is 15.5 Å². The third kappa shape index (κ3) is 3.93. The van der Waals surface area contributed by atoms with E-state index < -0.39 is 11.7 Å². The quantitative estimate of drug-likeness (QED) is 0.307. The summed E-state index contributed by atoms with van der Waals surface area (Å²) in [5, 5.41) is 21.9. The number of likely N-dealkylation sites (N-methyl/N-ethyl adjacent to an activating group) is 1. The molecule has 0 saturated heterocycles. The van der Waals surface area contributed by atoms with Crippen LogP contribution in [0.3, 0.4) is 0 Å². The Morgan fingerprint density at radius 1 is 1.22 bits per heavy atom. The number of aromatic amines is 1. The van der Waals surface area contributed by atoms with E-state index in [-0.39, 0.29) is 17.4 Å². The van der Waals surface area contributed by atoms with E-state index in [1.807, 2.05) is 6.07 Å². The van der Waals surface area contributed by atoms with Crippen LogP contribution in [0.2, 0.25) is 5.02 Å². The molecule has 138 valence electrons. The van der Waals surface area contributed by atoms with Crippen LogP contribution in [0.1, 0.15) is 5.56 Å². The lowest BCUT2D eigenvalue weighted by atomic mass is 10.1. The number of aromatic nitrogens is 2. The van der Waals surface area contributed by atoms with E-state index in [2.05, 4.69) is 15.3 Å². The second-order valence-corrected chi connectivity index (χ2v) is 6.47. The van der Waals surface area contributed by atoms with Crippen LogP contribution in [0, 0.1) is 5.41 Å². The van der Waals surface area contributed by atoms with Gasteiger partial charge >= 0.3 is 0 Å². The molecular weight excluding hydrogens is 366 g/mol. The molecule has 0 saturated carbocycles. The van der Waals surface area contributed by atoms with Crippen molar-refractivity contribution in [2.75, 3.05) is 19.4 Å². The summed E-state index contributed by atoms with van der Waals surface area (Å²) in [4.78, 5) is 21.4. The summed E-state index contributed by atoms with van der Waals surface area (Å²) in [5.74, 6) is -0.804. The molecule has 0 aliphatic carbocycles. The Morgan fingerprint density at radius 2 is 1.93 bits per heavy atom. The Hall–Kier alpha value is -3.32. The van der Waals surface area contributed by atoms with Gasteiger partial charge in [-0.25, -0.2) is 4.98 Å². The molecule has 0 radical (unpaired) electrons. The van der Waals surface area contributed by atoms with Crippen molar-refractivity contribution in [3.8, 4) is 0 Å². The number of rotatable bonds is 5. The minimum atomic E-state index is -0.594. The molecule has 1 aromatic heterocycles. The third-order valence-electron chi connectivity index (χ3n) is 3.86. The fraction of sp³-hybridized carbons (Fsp3) is 0.105. The van der Waals surface area contributed by atoms with E-state index in [9.17, 15) is 9.90 Å². The van der Waals surface area contributed by atoms with Gasteiger partial charge in [-0.1, -0.05) is 41.9 Å². The van der Waals surface area contributed by atoms with E-state index in [1.165, 1.54) is 4.90 Å². The molecule has 0 spiro atoms. The lowest BCUT2D eigenvalue weighted by molar-refractivity contribution is -0.114. The van der Waals surface area contributed by atoms with Gasteiger partial charge in [0.2, 0.25) is 5.95 Å². The molecule has 0 bridgehead atoms. The van der Waals surface area contributed by atoms with Gasteiger partial charge in [0.05, 0.1) is 11.0 Å². The molecule has 0 fully saturated rings. The molecule has 3 rings (SSSR count). The fourth-order valence-corrected chi connectivity index (χ4v) is 2.75. The van der Waals surface area contributed by atoms with Crippen LogP contribution in [0.25, 0.3) is 11.0 Å². The van der Waals surface area contributed by atoms with Gasteiger partial charge in [-0.15, -0.1) is 0 Å². The second kappa shape index (κ2) is 7.51. The predicted octanol–water partition coefficient (Wildman–Crippen LogP) is 3.55. The molecule has 27 heavy (non-hydrogen) atoms. The number of imidazole rings is 1. The molecule has 0 aliphatic heterocycles. The highest BCUT2D eigenvalue weighted by molar-refractivity contribution is 6.31. The highest BCUT2D eigenvalue weighted by Crippen LogP contribution is 2.20. The number of aliphatic hydroxyl groups excluding tert-OH is 1. The SMILES string of the molecule is CN(C)/C(C(=O)Nc1nc2cc(Cl)ccc2[nH]1)=C(/O)C(=N)c1ccccc1. The maximum Gasteiger partial charge on any atom is 0.278 e. The smallest absolute Gasteiger partial charge is 0.278 e. The molecule has 2 aromatic carbocycles. The Labute approximate surface area is 160 Å². The lowest BCUT2D eigenvalue weighted by Gasteiger charge is -2.18. The van der Waals surface area contributed by atoms with Gasteiger partial charge in [0, 0.05) is 24.7 Å². The average molecular weight is 384 g/mol. The summed E-state index contributed by atoms with van der Waals surface area (Å²) in [7, 11) is 3.23. The molecule has 0 atom stereocenters. The number of halogens is 1. The van der Waals surface area contributed by atoms with E-state index >= 15 is 0 Å². The number of hydrogen-bond donors (Lipinski definition) is 4. The molecule has 7 nitrogen and oxygen atoms in total. The number of hydrogen-bond acceptors (Lipinski definition) is 5. The van der Waals surface area contributed by atoms with Crippen molar-refractivity contribution in [1.29, 1.82) is 5.41 Å². The molecular formula is C19H18ClN5O2. The van der Waals surface area contributed by atoms with E-state index in [0.717, 1.165) is 0 Å². The highest BCUT2D eigenvalue weighted by atomic mass is 35.5. The first-order valence-corrected chi connectivity index (χ1v) is 8.46. The number of nitrogens with one attached hydrogen (secondary N) is 3. The molecule has 4 N–H and O–H groups in total. The van der Waals surface area contributed by atoms with Crippen LogP contribution in [-0.2, 0) is 4.79 Å². The second-order valence-electron chi connectivity index (χ2n) is 6.03. The normalized spacial score (nSPS) is 11.8. The van der Waals surface area contributed by atoms with Crippen LogP contribution in [0.4, 0.5) is 5.95 Å². The van der Waals surface area contributed by atoms with Gasteiger partial charge < -0.3 is 15.0 Å². The van der Waals surface area contributed by atoms with Crippen molar-refractivity contribution in [3.63, 3.8) is 0 Å². The minimum Gasteiger partial charge on any atom is -0.504 e. The van der Waals surface area contributed by atoms with Crippen LogP contribution in [0.15, 0.2) is 60.0 Å². The summed E-state index contributed by atoms with van der Waals surface area (Å²) < 4.78 is 0. The Morgan fingerprint density at radius 3 is 2.59 bits per heavy atom. The number of aliphatic hydroxyl groups is 1. The minimum absolute atomic E-state index is 0.0534. The van der Waals surface area contributed by atoms with Crippen molar-refractivity contribution in [2.45, 2.75) is 0 Å². The van der Waals surface area contributed by atoms with Crippen molar-refractivity contribution in [1.82, 2.24) is 14.9 Å². The number of carbonyl (C=O) groups is 1. The molecule has 1 amide bonds. The van der Waals surface area contributed by atoms with E-state index in [0.29, 0.717) is 21.6 Å². The third-order valence-corrected chi connectivity index (χ3v) is 4.10. The van der Waals surface area contributed by atoms with Gasteiger partial charge in [0.25, 0.3) is 5.91 Å². The van der Waals surface area contributed by atoms with E-state index in [1.54, 1.807) is 56.6 Å². The number of H-pyrrole nitrogens is 1. The standard InChI is InChI=1S/C19H18ClN5O2/c1-25(2)16(17(26)15(21)11-6-4-3-5-7-11)18(27)24-19-22-13-9-8-12(20)10-14(13)23-19/h3-10,21,26H,1-2H3,(H2,22,23,24,27)/b17-16+,21-15?. The number of fused-ring (bicyclic) bond motifs is 1. The van der Waals surface area contributed by atoms with Gasteiger partial charge in [0.1, 0.15) is 11.4 Å². The number of nitrogens with zero attached hydrogens (tertiary/aromatic N) is 2. The lowest BCUT2D eigenvalue weighted by Crippen LogP contribution is -2.29. The first-order valence-electron chi connectivity index (χ1n) is 8.08. The predicted molar refractivity (Wildman–Crippen MR) is 106 cm³/mol. The number of allylic oxidation sites excluding steroid dienone is 1. The maximum atomic E-state index is 12.7. The maximum absolute atomic E-state index is 12.7. The van der Waals surface area contributed by atoms with Crippen LogP contribution < -0.4 is 5.32 Å². The Kier molecular flexibility index (Phi) is 5.14. The Balaban J connectivity index is 1.91. The molecule has 1 heterocycles. The average Bonchev–Trinajstić information content (AvgIpc) is 3.02. The van der Waals surface area contributed by atoms with Crippen molar-refractivity contribution >= 4 is 40.2 Å². The van der Waals surface area contributed by atoms with Crippen molar-refractivity contribution in [2.24, 2.45) is 0 Å². The van der Waals surface area contributed by atoms with Crippen LogP contribution in [0.5, 0.6) is 0 Å². The number of benzene rings is 2. The van der Waals surface area contributed by atoms with Crippen molar-refractivity contribution < 1.29 is 9.90 Å². The first-order chi connectivity index (χ1) is 12.9. The van der Waals surface area contributed by atoms with Crippen LogP contribution in [-0.4, -0.2) is 45.7 Å². The topological polar surface area (TPSA) is 105 Å². The van der Waals surface area contributed by atoms with Gasteiger partial charge in [-0.05, 0) is 18.2 Å². The molecule has 8 heteroatoms. The molecule has 3 aromatic rings. The molecule has 0 unspecified atom stereocenters. The van der Waals surface area contributed by atoms with E-state index in [4.69, 9.17) is 17.0 Å². The first kappa shape index (κ1) is 18.5. The van der Waals surface area contributed by atoms with Gasteiger partial charge in [0.15, 0.2) is 5.76 Å². The van der Waals surface area contributed by atoms with Crippen LogP contribution >= 0.6 is 11.6 Å². The van der Waals surface area contributed by atoms with Crippen molar-refractivity contribution in [3.05, 3.63) is 70.6 Å².